The summed E-state index contributed by atoms with van der Waals surface area (Å²) in [5.41, 5.74) is 1.37. The van der Waals surface area contributed by atoms with Crippen LogP contribution in [0.3, 0.4) is 0 Å². The van der Waals surface area contributed by atoms with E-state index in [-0.39, 0.29) is 5.54 Å². The van der Waals surface area contributed by atoms with Crippen molar-refractivity contribution in [3.63, 3.8) is 0 Å². The molecule has 0 radical (unpaired) electrons. The van der Waals surface area contributed by atoms with Crippen molar-refractivity contribution in [2.75, 3.05) is 39.1 Å². The molecule has 1 aromatic rings. The Morgan fingerprint density at radius 2 is 1.84 bits per heavy atom. The molecule has 0 bridgehead atoms. The monoisotopic (exact) mass is 264 g/mol. The fourth-order valence-corrected chi connectivity index (χ4v) is 1.73. The van der Waals surface area contributed by atoms with E-state index in [0.29, 0.717) is 0 Å². The molecule has 0 unspecified atom stereocenters. The van der Waals surface area contributed by atoms with Gasteiger partial charge in [-0.25, -0.2) is 4.98 Å². The molecule has 1 aromatic heterocycles. The van der Waals surface area contributed by atoms with E-state index in [1.54, 1.807) is 0 Å². The first kappa shape index (κ1) is 15.9. The zero-order chi connectivity index (χ0) is 14.5. The second kappa shape index (κ2) is 6.87. The van der Waals surface area contributed by atoms with E-state index in [9.17, 15) is 0 Å². The average molecular weight is 264 g/mol. The summed E-state index contributed by atoms with van der Waals surface area (Å²) in [6.07, 6.45) is 1.86. The second-order valence-corrected chi connectivity index (χ2v) is 6.31. The minimum atomic E-state index is 0.120. The van der Waals surface area contributed by atoms with Crippen LogP contribution in [-0.2, 0) is 6.54 Å². The van der Waals surface area contributed by atoms with Crippen LogP contribution in [0.5, 0.6) is 0 Å². The molecule has 0 saturated carbocycles. The normalized spacial score (nSPS) is 11.9. The van der Waals surface area contributed by atoms with Gasteiger partial charge in [-0.15, -0.1) is 0 Å². The number of hydrogen-bond acceptors (Lipinski definition) is 4. The minimum Gasteiger partial charge on any atom is -0.358 e. The molecule has 0 aliphatic heterocycles. The third kappa shape index (κ3) is 6.03. The molecule has 0 amide bonds. The van der Waals surface area contributed by atoms with Crippen molar-refractivity contribution in [1.82, 2.24) is 15.2 Å². The van der Waals surface area contributed by atoms with Crippen molar-refractivity contribution < 1.29 is 0 Å². The lowest BCUT2D eigenvalue weighted by molar-refractivity contribution is 0.414. The van der Waals surface area contributed by atoms with Gasteiger partial charge >= 0.3 is 0 Å². The van der Waals surface area contributed by atoms with Crippen LogP contribution in [0.1, 0.15) is 26.3 Å². The molecular weight excluding hydrogens is 236 g/mol. The lowest BCUT2D eigenvalue weighted by Gasteiger charge is -2.25. The maximum absolute atomic E-state index is 4.52. The zero-order valence-electron chi connectivity index (χ0n) is 13.2. The third-order valence-electron chi connectivity index (χ3n) is 2.92. The first-order chi connectivity index (χ1) is 8.79. The van der Waals surface area contributed by atoms with Gasteiger partial charge in [0.1, 0.15) is 5.82 Å². The maximum atomic E-state index is 4.52. The number of aromatic nitrogens is 1. The molecule has 1 rings (SSSR count). The number of hydrogen-bond donors (Lipinski definition) is 1. The molecule has 0 fully saturated rings. The fourth-order valence-electron chi connectivity index (χ4n) is 1.73. The molecule has 0 aliphatic carbocycles. The quantitative estimate of drug-likeness (QED) is 0.851. The van der Waals surface area contributed by atoms with Crippen LogP contribution in [0.4, 0.5) is 5.82 Å². The first-order valence-corrected chi connectivity index (χ1v) is 6.84. The largest absolute Gasteiger partial charge is 0.358 e. The molecular formula is C15H28N4. The van der Waals surface area contributed by atoms with Crippen LogP contribution < -0.4 is 10.2 Å². The summed E-state index contributed by atoms with van der Waals surface area (Å²) in [5, 5.41) is 3.52. The van der Waals surface area contributed by atoms with E-state index in [4.69, 9.17) is 0 Å². The topological polar surface area (TPSA) is 31.4 Å². The van der Waals surface area contributed by atoms with E-state index in [0.717, 1.165) is 25.5 Å². The zero-order valence-corrected chi connectivity index (χ0v) is 13.2. The van der Waals surface area contributed by atoms with Gasteiger partial charge in [0.05, 0.1) is 0 Å². The SMILES string of the molecule is CN(C)CCN(C)c1ncccc1CNC(C)(C)C. The highest BCUT2D eigenvalue weighted by atomic mass is 15.2. The highest BCUT2D eigenvalue weighted by molar-refractivity contribution is 5.45. The van der Waals surface area contributed by atoms with Crippen LogP contribution in [0.25, 0.3) is 0 Å². The molecule has 4 nitrogen and oxygen atoms in total. The molecule has 0 aromatic carbocycles. The lowest BCUT2D eigenvalue weighted by Crippen LogP contribution is -2.36. The van der Waals surface area contributed by atoms with Crippen molar-refractivity contribution in [3.05, 3.63) is 23.9 Å². The van der Waals surface area contributed by atoms with Crippen LogP contribution in [0.2, 0.25) is 0 Å². The Morgan fingerprint density at radius 3 is 2.42 bits per heavy atom. The van der Waals surface area contributed by atoms with Gasteiger partial charge in [0.25, 0.3) is 0 Å². The van der Waals surface area contributed by atoms with Crippen LogP contribution in [0, 0.1) is 0 Å². The maximum Gasteiger partial charge on any atom is 0.132 e. The summed E-state index contributed by atoms with van der Waals surface area (Å²) < 4.78 is 0. The fraction of sp³-hybridized carbons (Fsp3) is 0.667. The number of nitrogens with zero attached hydrogens (tertiary/aromatic N) is 3. The van der Waals surface area contributed by atoms with E-state index < -0.39 is 0 Å². The molecule has 0 saturated heterocycles. The summed E-state index contributed by atoms with van der Waals surface area (Å²) >= 11 is 0. The molecule has 0 aliphatic rings. The summed E-state index contributed by atoms with van der Waals surface area (Å²) in [4.78, 5) is 8.93. The van der Waals surface area contributed by atoms with Gasteiger partial charge in [-0.3, -0.25) is 0 Å². The van der Waals surface area contributed by atoms with Gasteiger partial charge in [-0.1, -0.05) is 6.07 Å². The first-order valence-electron chi connectivity index (χ1n) is 6.84. The van der Waals surface area contributed by atoms with Crippen molar-refractivity contribution in [2.45, 2.75) is 32.9 Å². The van der Waals surface area contributed by atoms with E-state index >= 15 is 0 Å². The molecule has 4 heteroatoms. The third-order valence-corrected chi connectivity index (χ3v) is 2.92. The van der Waals surface area contributed by atoms with Gasteiger partial charge in [0.15, 0.2) is 0 Å². The number of likely N-dealkylation sites (N-methyl/N-ethyl adjacent to an activating group) is 2. The van der Waals surface area contributed by atoms with E-state index in [1.807, 2.05) is 12.3 Å². The van der Waals surface area contributed by atoms with Crippen LogP contribution in [-0.4, -0.2) is 49.7 Å². The van der Waals surface area contributed by atoms with E-state index in [1.165, 1.54) is 5.56 Å². The predicted octanol–water partition coefficient (Wildman–Crippen LogP) is 1.97. The summed E-state index contributed by atoms with van der Waals surface area (Å²) in [5.74, 6) is 1.07. The minimum absolute atomic E-state index is 0.120. The van der Waals surface area contributed by atoms with Crippen molar-refractivity contribution in [2.24, 2.45) is 0 Å². The Kier molecular flexibility index (Phi) is 5.76. The highest BCUT2D eigenvalue weighted by Gasteiger charge is 2.12. The number of nitrogens with one attached hydrogen (secondary N) is 1. The molecule has 108 valence electrons. The molecule has 0 atom stereocenters. The van der Waals surface area contributed by atoms with E-state index in [2.05, 4.69) is 68.1 Å². The smallest absolute Gasteiger partial charge is 0.132 e. The van der Waals surface area contributed by atoms with Gasteiger partial charge in [-0.05, 0) is 40.9 Å². The Balaban J connectivity index is 2.72. The van der Waals surface area contributed by atoms with Crippen molar-refractivity contribution in [1.29, 1.82) is 0 Å². The van der Waals surface area contributed by atoms with Gasteiger partial charge < -0.3 is 15.1 Å². The Bertz CT molecular complexity index is 382. The molecule has 1 heterocycles. The Labute approximate surface area is 117 Å². The number of pyridine rings is 1. The van der Waals surface area contributed by atoms with Gasteiger partial charge in [-0.2, -0.15) is 0 Å². The van der Waals surface area contributed by atoms with Gasteiger partial charge in [0.2, 0.25) is 0 Å². The highest BCUT2D eigenvalue weighted by Crippen LogP contribution is 2.16. The summed E-state index contributed by atoms with van der Waals surface area (Å²) in [7, 11) is 6.29. The average Bonchev–Trinajstić information content (AvgIpc) is 2.33. The molecule has 0 spiro atoms. The van der Waals surface area contributed by atoms with Gasteiger partial charge in [0, 0.05) is 44.0 Å². The van der Waals surface area contributed by atoms with Crippen LogP contribution >= 0.6 is 0 Å². The number of anilines is 1. The predicted molar refractivity (Wildman–Crippen MR) is 82.7 cm³/mol. The van der Waals surface area contributed by atoms with Crippen LogP contribution in [0.15, 0.2) is 18.3 Å². The summed E-state index contributed by atoms with van der Waals surface area (Å²) in [6, 6.07) is 4.15. The molecule has 1 N–H and O–H groups in total. The standard InChI is InChI=1S/C15H28N4/c1-15(2,3)17-12-13-8-7-9-16-14(13)19(6)11-10-18(4)5/h7-9,17H,10-12H2,1-6H3. The van der Waals surface area contributed by atoms with Crippen molar-refractivity contribution >= 4 is 5.82 Å². The van der Waals surface area contributed by atoms with Crippen molar-refractivity contribution in [3.8, 4) is 0 Å². The second-order valence-electron chi connectivity index (χ2n) is 6.31. The summed E-state index contributed by atoms with van der Waals surface area (Å²) in [6.45, 7) is 9.39. The number of rotatable bonds is 6. The Morgan fingerprint density at radius 1 is 1.16 bits per heavy atom. The molecule has 19 heavy (non-hydrogen) atoms. The Hall–Kier alpha value is -1.13. The lowest BCUT2D eigenvalue weighted by atomic mass is 10.1.